The summed E-state index contributed by atoms with van der Waals surface area (Å²) in [5.41, 5.74) is 0.996. The zero-order chi connectivity index (χ0) is 13.9. The van der Waals surface area contributed by atoms with E-state index >= 15 is 0 Å². The van der Waals surface area contributed by atoms with Crippen LogP contribution in [-0.4, -0.2) is 24.4 Å². The Hall–Kier alpha value is -1.22. The molecule has 0 spiro atoms. The minimum Gasteiger partial charge on any atom is -0.492 e. The van der Waals surface area contributed by atoms with Gasteiger partial charge in [-0.15, -0.1) is 11.6 Å². The van der Waals surface area contributed by atoms with Gasteiger partial charge >= 0.3 is 0 Å². The first kappa shape index (κ1) is 13.7. The van der Waals surface area contributed by atoms with Crippen LogP contribution >= 0.6 is 11.6 Å². The second-order valence-electron chi connectivity index (χ2n) is 5.71. The molecule has 1 saturated carbocycles. The van der Waals surface area contributed by atoms with Gasteiger partial charge in [-0.05, 0) is 24.8 Å². The lowest BCUT2D eigenvalue weighted by Gasteiger charge is -2.27. The van der Waals surface area contributed by atoms with Crippen LogP contribution in [0.1, 0.15) is 37.2 Å². The molecule has 0 radical (unpaired) electrons. The van der Waals surface area contributed by atoms with Crippen molar-refractivity contribution in [3.63, 3.8) is 0 Å². The highest BCUT2D eigenvalue weighted by Crippen LogP contribution is 2.34. The van der Waals surface area contributed by atoms with Crippen LogP contribution in [-0.2, 0) is 4.79 Å². The van der Waals surface area contributed by atoms with Crippen molar-refractivity contribution < 1.29 is 9.53 Å². The third-order valence-corrected chi connectivity index (χ3v) is 4.95. The molecule has 0 aromatic heterocycles. The molecule has 3 atom stereocenters. The van der Waals surface area contributed by atoms with E-state index in [4.69, 9.17) is 16.3 Å². The first-order valence-electron chi connectivity index (χ1n) is 7.39. The van der Waals surface area contributed by atoms with Gasteiger partial charge in [0.05, 0.1) is 0 Å². The van der Waals surface area contributed by atoms with Crippen LogP contribution in [0.25, 0.3) is 0 Å². The standard InChI is InChI=1S/C16H20ClNO2/c17-14-7-3-1-5-11(14)9-18-16(19)13-10-20-15-8-4-2-6-12(13)15/h2,4,6,8,11,13-14H,1,3,5,7,9-10H2,(H,18,19). The maximum absolute atomic E-state index is 12.3. The Bertz CT molecular complexity index is 491. The molecule has 0 saturated heterocycles. The molecule has 1 aliphatic heterocycles. The minimum absolute atomic E-state index is 0.0596. The Morgan fingerprint density at radius 1 is 1.30 bits per heavy atom. The monoisotopic (exact) mass is 293 g/mol. The quantitative estimate of drug-likeness (QED) is 0.870. The third kappa shape index (κ3) is 2.78. The van der Waals surface area contributed by atoms with E-state index in [-0.39, 0.29) is 17.2 Å². The lowest BCUT2D eigenvalue weighted by atomic mass is 9.88. The first-order valence-corrected chi connectivity index (χ1v) is 7.83. The molecule has 1 aromatic rings. The molecule has 3 unspecified atom stereocenters. The van der Waals surface area contributed by atoms with Crippen LogP contribution in [0.15, 0.2) is 24.3 Å². The van der Waals surface area contributed by atoms with Gasteiger partial charge in [-0.3, -0.25) is 4.79 Å². The van der Waals surface area contributed by atoms with E-state index in [9.17, 15) is 4.79 Å². The number of rotatable bonds is 3. The Kier molecular flexibility index (Phi) is 4.16. The average molecular weight is 294 g/mol. The highest BCUT2D eigenvalue weighted by atomic mass is 35.5. The van der Waals surface area contributed by atoms with Crippen molar-refractivity contribution in [2.45, 2.75) is 37.0 Å². The molecule has 0 bridgehead atoms. The van der Waals surface area contributed by atoms with Gasteiger partial charge in [-0.25, -0.2) is 0 Å². The molecule has 1 amide bonds. The largest absolute Gasteiger partial charge is 0.492 e. The van der Waals surface area contributed by atoms with Crippen LogP contribution < -0.4 is 10.1 Å². The fraction of sp³-hybridized carbons (Fsp3) is 0.562. The summed E-state index contributed by atoms with van der Waals surface area (Å²) in [5, 5.41) is 3.27. The van der Waals surface area contributed by atoms with Crippen molar-refractivity contribution >= 4 is 17.5 Å². The summed E-state index contributed by atoms with van der Waals surface area (Å²) in [6, 6.07) is 7.76. The number of carbonyl (C=O) groups excluding carboxylic acids is 1. The number of hydrogen-bond donors (Lipinski definition) is 1. The van der Waals surface area contributed by atoms with Gasteiger partial charge < -0.3 is 10.1 Å². The van der Waals surface area contributed by atoms with Gasteiger partial charge in [-0.2, -0.15) is 0 Å². The van der Waals surface area contributed by atoms with E-state index in [0.717, 1.165) is 24.2 Å². The summed E-state index contributed by atoms with van der Waals surface area (Å²) in [6.45, 7) is 1.13. The predicted octanol–water partition coefficient (Wildman–Crippen LogP) is 3.08. The van der Waals surface area contributed by atoms with Crippen molar-refractivity contribution in [3.8, 4) is 5.75 Å². The summed E-state index contributed by atoms with van der Waals surface area (Å²) in [7, 11) is 0. The van der Waals surface area contributed by atoms with E-state index < -0.39 is 0 Å². The Balaban J connectivity index is 1.58. The normalized spacial score (nSPS) is 28.6. The second-order valence-corrected chi connectivity index (χ2v) is 6.27. The molecule has 20 heavy (non-hydrogen) atoms. The molecule has 1 N–H and O–H groups in total. The molecular formula is C16H20ClNO2. The lowest BCUT2D eigenvalue weighted by molar-refractivity contribution is -0.123. The maximum Gasteiger partial charge on any atom is 0.231 e. The molecule has 1 fully saturated rings. The van der Waals surface area contributed by atoms with Crippen molar-refractivity contribution in [3.05, 3.63) is 29.8 Å². The molecule has 3 nitrogen and oxygen atoms in total. The van der Waals surface area contributed by atoms with Gasteiger partial charge in [0.2, 0.25) is 5.91 Å². The molecule has 108 valence electrons. The van der Waals surface area contributed by atoms with Crippen LogP contribution in [0.3, 0.4) is 0 Å². The van der Waals surface area contributed by atoms with E-state index in [2.05, 4.69) is 5.32 Å². The highest BCUT2D eigenvalue weighted by Gasteiger charge is 2.31. The molecule has 3 rings (SSSR count). The van der Waals surface area contributed by atoms with Crippen molar-refractivity contribution in [1.29, 1.82) is 0 Å². The summed E-state index contributed by atoms with van der Waals surface area (Å²) in [4.78, 5) is 12.3. The molecule has 1 aromatic carbocycles. The van der Waals surface area contributed by atoms with Crippen LogP contribution in [0.2, 0.25) is 0 Å². The fourth-order valence-electron chi connectivity index (χ4n) is 3.13. The minimum atomic E-state index is -0.177. The molecule has 1 aliphatic carbocycles. The van der Waals surface area contributed by atoms with Crippen LogP contribution in [0.5, 0.6) is 5.75 Å². The molecular weight excluding hydrogens is 274 g/mol. The van der Waals surface area contributed by atoms with Crippen molar-refractivity contribution in [1.82, 2.24) is 5.32 Å². The lowest BCUT2D eigenvalue weighted by Crippen LogP contribution is -2.37. The number of benzene rings is 1. The van der Waals surface area contributed by atoms with E-state index in [1.165, 1.54) is 12.8 Å². The Labute approximate surface area is 124 Å². The number of carbonyl (C=O) groups is 1. The number of nitrogens with one attached hydrogen (secondary N) is 1. The van der Waals surface area contributed by atoms with Crippen LogP contribution in [0.4, 0.5) is 0 Å². The number of amides is 1. The summed E-state index contributed by atoms with van der Waals surface area (Å²) in [5.74, 6) is 1.13. The van der Waals surface area contributed by atoms with Gasteiger partial charge in [0.1, 0.15) is 18.3 Å². The zero-order valence-corrected chi connectivity index (χ0v) is 12.2. The summed E-state index contributed by atoms with van der Waals surface area (Å²) >= 11 is 6.33. The number of halogens is 1. The van der Waals surface area contributed by atoms with E-state index in [1.54, 1.807) is 0 Å². The summed E-state index contributed by atoms with van der Waals surface area (Å²) in [6.07, 6.45) is 4.62. The highest BCUT2D eigenvalue weighted by molar-refractivity contribution is 6.20. The van der Waals surface area contributed by atoms with Gasteiger partial charge in [0, 0.05) is 17.5 Å². The molecule has 4 heteroatoms. The van der Waals surface area contributed by atoms with E-state index in [0.29, 0.717) is 19.1 Å². The second kappa shape index (κ2) is 6.04. The van der Waals surface area contributed by atoms with E-state index in [1.807, 2.05) is 24.3 Å². The molecule has 2 aliphatic rings. The van der Waals surface area contributed by atoms with Crippen molar-refractivity contribution in [2.24, 2.45) is 5.92 Å². The number of hydrogen-bond acceptors (Lipinski definition) is 2. The number of alkyl halides is 1. The average Bonchev–Trinajstić information content (AvgIpc) is 2.90. The van der Waals surface area contributed by atoms with Gasteiger partial charge in [-0.1, -0.05) is 31.0 Å². The fourth-order valence-corrected chi connectivity index (χ4v) is 3.50. The topological polar surface area (TPSA) is 38.3 Å². The maximum atomic E-state index is 12.3. The summed E-state index contributed by atoms with van der Waals surface area (Å²) < 4.78 is 5.56. The number of ether oxygens (including phenoxy) is 1. The SMILES string of the molecule is O=C(NCC1CCCCC1Cl)C1COc2ccccc21. The smallest absolute Gasteiger partial charge is 0.231 e. The van der Waals surface area contributed by atoms with Gasteiger partial charge in [0.25, 0.3) is 0 Å². The third-order valence-electron chi connectivity index (χ3n) is 4.37. The van der Waals surface area contributed by atoms with Crippen molar-refractivity contribution in [2.75, 3.05) is 13.2 Å². The Morgan fingerprint density at radius 2 is 2.10 bits per heavy atom. The predicted molar refractivity (Wildman–Crippen MR) is 79.3 cm³/mol. The van der Waals surface area contributed by atoms with Crippen LogP contribution in [0, 0.1) is 5.92 Å². The number of fused-ring (bicyclic) bond motifs is 1. The van der Waals surface area contributed by atoms with Gasteiger partial charge in [0.15, 0.2) is 0 Å². The molecule has 1 heterocycles. The zero-order valence-electron chi connectivity index (χ0n) is 11.5. The Morgan fingerprint density at radius 3 is 2.95 bits per heavy atom. The first-order chi connectivity index (χ1) is 9.75. The number of para-hydroxylation sites is 1.